The molecule has 1 aromatic carbocycles. The van der Waals surface area contributed by atoms with Crippen molar-refractivity contribution in [1.29, 1.82) is 0 Å². The fourth-order valence-corrected chi connectivity index (χ4v) is 3.09. The highest BCUT2D eigenvalue weighted by Gasteiger charge is 2.23. The van der Waals surface area contributed by atoms with Crippen molar-refractivity contribution in [2.45, 2.75) is 17.1 Å². The van der Waals surface area contributed by atoms with Gasteiger partial charge in [-0.15, -0.1) is 11.8 Å². The highest BCUT2D eigenvalue weighted by atomic mass is 32.2. The molecule has 1 saturated heterocycles. The van der Waals surface area contributed by atoms with E-state index in [2.05, 4.69) is 4.90 Å². The fraction of sp³-hybridized carbons (Fsp3) is 0.467. The van der Waals surface area contributed by atoms with Gasteiger partial charge in [-0.25, -0.2) is 0 Å². The molecule has 0 aliphatic carbocycles. The Labute approximate surface area is 128 Å². The topological polar surface area (TPSA) is 60.9 Å². The summed E-state index contributed by atoms with van der Waals surface area (Å²) in [6.07, 6.45) is 0. The van der Waals surface area contributed by atoms with Crippen molar-refractivity contribution in [2.24, 2.45) is 0 Å². The molecule has 6 heteroatoms. The van der Waals surface area contributed by atoms with E-state index in [9.17, 15) is 9.59 Å². The van der Waals surface area contributed by atoms with E-state index < -0.39 is 11.2 Å². The molecule has 1 aromatic rings. The number of carboxylic acid groups (broad SMARTS) is 1. The maximum atomic E-state index is 12.6. The number of nitrogens with zero attached hydrogens (tertiary/aromatic N) is 2. The smallest absolute Gasteiger partial charge is 0.316 e. The highest BCUT2D eigenvalue weighted by Crippen LogP contribution is 2.28. The number of carbonyl (C=O) groups is 2. The zero-order valence-corrected chi connectivity index (χ0v) is 13.1. The highest BCUT2D eigenvalue weighted by molar-refractivity contribution is 8.00. The van der Waals surface area contributed by atoms with Crippen LogP contribution >= 0.6 is 11.8 Å². The zero-order chi connectivity index (χ0) is 15.4. The van der Waals surface area contributed by atoms with Crippen molar-refractivity contribution in [3.05, 3.63) is 29.8 Å². The zero-order valence-electron chi connectivity index (χ0n) is 12.3. The molecule has 0 bridgehead atoms. The molecule has 1 heterocycles. The normalized spacial score (nSPS) is 17.5. The van der Waals surface area contributed by atoms with E-state index in [1.807, 2.05) is 30.1 Å². The van der Waals surface area contributed by atoms with Gasteiger partial charge < -0.3 is 14.9 Å². The largest absolute Gasteiger partial charge is 0.480 e. The summed E-state index contributed by atoms with van der Waals surface area (Å²) in [7, 11) is 2.04. The second-order valence-electron chi connectivity index (χ2n) is 5.19. The minimum atomic E-state index is -0.873. The molecule has 5 nitrogen and oxygen atoms in total. The number of aliphatic carboxylic acids is 1. The number of carbonyl (C=O) groups excluding carboxylic acids is 1. The Bertz CT molecular complexity index is 527. The first-order valence-electron chi connectivity index (χ1n) is 6.95. The van der Waals surface area contributed by atoms with Crippen LogP contribution in [0.2, 0.25) is 0 Å². The average Bonchev–Trinajstić information content (AvgIpc) is 2.47. The lowest BCUT2D eigenvalue weighted by atomic mass is 10.2. The van der Waals surface area contributed by atoms with Gasteiger partial charge in [-0.3, -0.25) is 9.59 Å². The predicted molar refractivity (Wildman–Crippen MR) is 82.8 cm³/mol. The molecule has 0 saturated carbocycles. The van der Waals surface area contributed by atoms with E-state index >= 15 is 0 Å². The summed E-state index contributed by atoms with van der Waals surface area (Å²) in [5.74, 6) is -0.884. The van der Waals surface area contributed by atoms with E-state index in [1.54, 1.807) is 13.0 Å². The number of carboxylic acids is 1. The molecule has 1 N–H and O–H groups in total. The number of rotatable bonds is 4. The second kappa shape index (κ2) is 6.95. The molecule has 0 spiro atoms. The molecule has 1 unspecified atom stereocenters. The molecule has 0 aromatic heterocycles. The Morgan fingerprint density at radius 1 is 1.19 bits per heavy atom. The third-order valence-electron chi connectivity index (χ3n) is 3.56. The molecule has 1 fully saturated rings. The summed E-state index contributed by atoms with van der Waals surface area (Å²) in [5, 5.41) is 8.45. The third-order valence-corrected chi connectivity index (χ3v) is 4.72. The van der Waals surface area contributed by atoms with E-state index in [0.717, 1.165) is 18.0 Å². The minimum absolute atomic E-state index is 0.0104. The first-order valence-corrected chi connectivity index (χ1v) is 7.83. The molecular formula is C15H20N2O3S. The molecule has 1 aliphatic rings. The van der Waals surface area contributed by atoms with Gasteiger partial charge in [0, 0.05) is 31.1 Å². The number of hydrogen-bond acceptors (Lipinski definition) is 4. The van der Waals surface area contributed by atoms with Gasteiger partial charge in [-0.05, 0) is 26.1 Å². The van der Waals surface area contributed by atoms with Crippen LogP contribution in [-0.4, -0.2) is 65.3 Å². The SMILES string of the molecule is CC(Sc1ccccc1C(=O)N1CCN(C)CC1)C(=O)O. The molecular weight excluding hydrogens is 288 g/mol. The van der Waals surface area contributed by atoms with Crippen LogP contribution in [0.3, 0.4) is 0 Å². The van der Waals surface area contributed by atoms with Crippen molar-refractivity contribution < 1.29 is 14.7 Å². The molecule has 1 amide bonds. The van der Waals surface area contributed by atoms with Gasteiger partial charge in [-0.2, -0.15) is 0 Å². The number of piperazine rings is 1. The first-order chi connectivity index (χ1) is 9.99. The van der Waals surface area contributed by atoms with Crippen LogP contribution in [0.1, 0.15) is 17.3 Å². The van der Waals surface area contributed by atoms with Crippen molar-refractivity contribution in [1.82, 2.24) is 9.80 Å². The van der Waals surface area contributed by atoms with Crippen molar-refractivity contribution >= 4 is 23.6 Å². The summed E-state index contributed by atoms with van der Waals surface area (Å²) in [4.78, 5) is 28.4. The number of hydrogen-bond donors (Lipinski definition) is 1. The van der Waals surface area contributed by atoms with Gasteiger partial charge in [0.05, 0.1) is 5.56 Å². The van der Waals surface area contributed by atoms with E-state index in [0.29, 0.717) is 18.7 Å². The standard InChI is InChI=1S/C15H20N2O3S/c1-11(15(19)20)21-13-6-4-3-5-12(13)14(18)17-9-7-16(2)8-10-17/h3-6,11H,7-10H2,1-2H3,(H,19,20). The van der Waals surface area contributed by atoms with Gasteiger partial charge in [-0.1, -0.05) is 12.1 Å². The molecule has 1 atom stereocenters. The van der Waals surface area contributed by atoms with Crippen LogP contribution in [-0.2, 0) is 4.79 Å². The maximum Gasteiger partial charge on any atom is 0.316 e. The van der Waals surface area contributed by atoms with E-state index in [4.69, 9.17) is 5.11 Å². The van der Waals surface area contributed by atoms with Gasteiger partial charge in [0.25, 0.3) is 5.91 Å². The van der Waals surface area contributed by atoms with Crippen LogP contribution < -0.4 is 0 Å². The van der Waals surface area contributed by atoms with Gasteiger partial charge >= 0.3 is 5.97 Å². The van der Waals surface area contributed by atoms with Crippen LogP contribution in [0.15, 0.2) is 29.2 Å². The maximum absolute atomic E-state index is 12.6. The molecule has 0 radical (unpaired) electrons. The van der Waals surface area contributed by atoms with Gasteiger partial charge in [0.1, 0.15) is 5.25 Å². The summed E-state index contributed by atoms with van der Waals surface area (Å²) in [6.45, 7) is 4.79. The number of amides is 1. The number of thioether (sulfide) groups is 1. The summed E-state index contributed by atoms with van der Waals surface area (Å²) in [5.41, 5.74) is 0.597. The summed E-state index contributed by atoms with van der Waals surface area (Å²) in [6, 6.07) is 7.24. The van der Waals surface area contributed by atoms with Crippen LogP contribution in [0, 0.1) is 0 Å². The van der Waals surface area contributed by atoms with Crippen molar-refractivity contribution in [3.63, 3.8) is 0 Å². The lowest BCUT2D eigenvalue weighted by molar-refractivity contribution is -0.136. The predicted octanol–water partition coefficient (Wildman–Crippen LogP) is 1.64. The van der Waals surface area contributed by atoms with E-state index in [-0.39, 0.29) is 5.91 Å². The third kappa shape index (κ3) is 3.98. The molecule has 114 valence electrons. The first kappa shape index (κ1) is 15.9. The molecule has 1 aliphatic heterocycles. The van der Waals surface area contributed by atoms with Crippen molar-refractivity contribution in [2.75, 3.05) is 33.2 Å². The Morgan fingerprint density at radius 2 is 1.81 bits per heavy atom. The fourth-order valence-electron chi connectivity index (χ4n) is 2.17. The average molecular weight is 308 g/mol. The Hall–Kier alpha value is -1.53. The van der Waals surface area contributed by atoms with Gasteiger partial charge in [0.15, 0.2) is 0 Å². The monoisotopic (exact) mass is 308 g/mol. The minimum Gasteiger partial charge on any atom is -0.480 e. The summed E-state index contributed by atoms with van der Waals surface area (Å²) < 4.78 is 0. The number of benzene rings is 1. The Morgan fingerprint density at radius 3 is 2.43 bits per heavy atom. The quantitative estimate of drug-likeness (QED) is 0.857. The lowest BCUT2D eigenvalue weighted by Gasteiger charge is -2.32. The number of likely N-dealkylation sites (N-methyl/N-ethyl adjacent to an activating group) is 1. The van der Waals surface area contributed by atoms with Crippen molar-refractivity contribution in [3.8, 4) is 0 Å². The second-order valence-corrected chi connectivity index (χ2v) is 6.57. The Kier molecular flexibility index (Phi) is 5.25. The van der Waals surface area contributed by atoms with E-state index in [1.165, 1.54) is 11.8 Å². The van der Waals surface area contributed by atoms with Crippen LogP contribution in [0.5, 0.6) is 0 Å². The van der Waals surface area contributed by atoms with Crippen LogP contribution in [0.25, 0.3) is 0 Å². The molecule has 2 rings (SSSR count). The molecule has 21 heavy (non-hydrogen) atoms. The Balaban J connectivity index is 2.15. The summed E-state index contributed by atoms with van der Waals surface area (Å²) >= 11 is 1.21. The van der Waals surface area contributed by atoms with Gasteiger partial charge in [0.2, 0.25) is 0 Å². The lowest BCUT2D eigenvalue weighted by Crippen LogP contribution is -2.47. The van der Waals surface area contributed by atoms with Crippen LogP contribution in [0.4, 0.5) is 0 Å².